The predicted molar refractivity (Wildman–Crippen MR) is 73.3 cm³/mol. The number of aromatic nitrogens is 1. The fourth-order valence-electron chi connectivity index (χ4n) is 1.80. The van der Waals surface area contributed by atoms with E-state index < -0.39 is 0 Å². The molecule has 0 aliphatic rings. The van der Waals surface area contributed by atoms with Crippen LogP contribution in [0.2, 0.25) is 0 Å². The van der Waals surface area contributed by atoms with E-state index >= 15 is 0 Å². The number of aryl methyl sites for hydroxylation is 2. The van der Waals surface area contributed by atoms with E-state index in [1.807, 2.05) is 6.92 Å². The van der Waals surface area contributed by atoms with Gasteiger partial charge in [0.15, 0.2) is 0 Å². The topological polar surface area (TPSA) is 24.9 Å². The second-order valence-corrected chi connectivity index (χ2v) is 5.44. The van der Waals surface area contributed by atoms with Crippen LogP contribution in [-0.4, -0.2) is 4.98 Å². The van der Waals surface area contributed by atoms with Crippen LogP contribution in [0.3, 0.4) is 0 Å². The number of nitrogens with one attached hydrogen (secondary N) is 1. The SMILES string of the molecule is Cc1cccc([C@@H](C)NCc2csc(C)n2)c1. The molecule has 3 heteroatoms. The first-order chi connectivity index (χ1) is 8.15. The smallest absolute Gasteiger partial charge is 0.0897 e. The Morgan fingerprint density at radius 3 is 2.82 bits per heavy atom. The van der Waals surface area contributed by atoms with Gasteiger partial charge in [-0.2, -0.15) is 0 Å². The minimum absolute atomic E-state index is 0.358. The molecule has 2 nitrogen and oxygen atoms in total. The normalized spacial score (nSPS) is 12.6. The van der Waals surface area contributed by atoms with Crippen LogP contribution in [0.5, 0.6) is 0 Å². The maximum absolute atomic E-state index is 4.45. The van der Waals surface area contributed by atoms with Crippen molar-refractivity contribution in [1.82, 2.24) is 10.3 Å². The van der Waals surface area contributed by atoms with Gasteiger partial charge in [0.05, 0.1) is 10.7 Å². The Morgan fingerprint density at radius 2 is 2.18 bits per heavy atom. The number of hydrogen-bond donors (Lipinski definition) is 1. The van der Waals surface area contributed by atoms with Crippen molar-refractivity contribution < 1.29 is 0 Å². The molecule has 1 heterocycles. The molecular formula is C14H18N2S. The lowest BCUT2D eigenvalue weighted by atomic mass is 10.1. The zero-order chi connectivity index (χ0) is 12.3. The molecule has 0 amide bonds. The molecule has 2 aromatic rings. The quantitative estimate of drug-likeness (QED) is 0.891. The van der Waals surface area contributed by atoms with Crippen LogP contribution in [0, 0.1) is 13.8 Å². The van der Waals surface area contributed by atoms with Crippen molar-refractivity contribution in [3.05, 3.63) is 51.5 Å². The summed E-state index contributed by atoms with van der Waals surface area (Å²) in [6.45, 7) is 7.19. The standard InChI is InChI=1S/C14H18N2S/c1-10-5-4-6-13(7-10)11(2)15-8-14-9-17-12(3)16-14/h4-7,9,11,15H,8H2,1-3H3/t11-/m1/s1. The molecule has 2 rings (SSSR count). The summed E-state index contributed by atoms with van der Waals surface area (Å²) in [4.78, 5) is 4.45. The summed E-state index contributed by atoms with van der Waals surface area (Å²) in [5, 5.41) is 6.75. The van der Waals surface area contributed by atoms with Crippen molar-refractivity contribution in [2.75, 3.05) is 0 Å². The van der Waals surface area contributed by atoms with Crippen LogP contribution < -0.4 is 5.32 Å². The Kier molecular flexibility index (Phi) is 3.92. The summed E-state index contributed by atoms with van der Waals surface area (Å²) in [5.41, 5.74) is 3.77. The Hall–Kier alpha value is -1.19. The first kappa shape index (κ1) is 12.3. The van der Waals surface area contributed by atoms with Gasteiger partial charge in [-0.05, 0) is 26.3 Å². The molecule has 0 radical (unpaired) electrons. The highest BCUT2D eigenvalue weighted by molar-refractivity contribution is 7.09. The molecule has 0 unspecified atom stereocenters. The molecule has 0 aliphatic heterocycles. The lowest BCUT2D eigenvalue weighted by molar-refractivity contribution is 0.568. The number of rotatable bonds is 4. The highest BCUT2D eigenvalue weighted by Crippen LogP contribution is 2.15. The minimum atomic E-state index is 0.358. The second kappa shape index (κ2) is 5.43. The van der Waals surface area contributed by atoms with E-state index in [1.165, 1.54) is 11.1 Å². The monoisotopic (exact) mass is 246 g/mol. The van der Waals surface area contributed by atoms with Crippen molar-refractivity contribution in [3.8, 4) is 0 Å². The summed E-state index contributed by atoms with van der Waals surface area (Å²) in [5.74, 6) is 0. The number of benzene rings is 1. The first-order valence-electron chi connectivity index (χ1n) is 5.86. The predicted octanol–water partition coefficient (Wildman–Crippen LogP) is 3.61. The Bertz CT molecular complexity index is 490. The first-order valence-corrected chi connectivity index (χ1v) is 6.74. The summed E-state index contributed by atoms with van der Waals surface area (Å²) in [6, 6.07) is 8.98. The van der Waals surface area contributed by atoms with E-state index in [1.54, 1.807) is 11.3 Å². The summed E-state index contributed by atoms with van der Waals surface area (Å²) < 4.78 is 0. The van der Waals surface area contributed by atoms with Crippen LogP contribution in [-0.2, 0) is 6.54 Å². The van der Waals surface area contributed by atoms with Crippen molar-refractivity contribution in [1.29, 1.82) is 0 Å². The van der Waals surface area contributed by atoms with Gasteiger partial charge in [-0.15, -0.1) is 11.3 Å². The lowest BCUT2D eigenvalue weighted by Crippen LogP contribution is -2.18. The Morgan fingerprint density at radius 1 is 1.35 bits per heavy atom. The molecule has 0 aliphatic carbocycles. The van der Waals surface area contributed by atoms with Gasteiger partial charge in [-0.3, -0.25) is 0 Å². The van der Waals surface area contributed by atoms with Crippen LogP contribution in [0.25, 0.3) is 0 Å². The van der Waals surface area contributed by atoms with E-state index in [-0.39, 0.29) is 0 Å². The fourth-order valence-corrected chi connectivity index (χ4v) is 2.42. The zero-order valence-corrected chi connectivity index (χ0v) is 11.3. The molecule has 1 N–H and O–H groups in total. The van der Waals surface area contributed by atoms with Crippen molar-refractivity contribution >= 4 is 11.3 Å². The highest BCUT2D eigenvalue weighted by Gasteiger charge is 2.05. The average Bonchev–Trinajstić information content (AvgIpc) is 2.72. The fraction of sp³-hybridized carbons (Fsp3) is 0.357. The summed E-state index contributed by atoms with van der Waals surface area (Å²) in [7, 11) is 0. The van der Waals surface area contributed by atoms with Crippen molar-refractivity contribution in [3.63, 3.8) is 0 Å². The Balaban J connectivity index is 1.95. The molecular weight excluding hydrogens is 228 g/mol. The van der Waals surface area contributed by atoms with Crippen LogP contribution in [0.1, 0.15) is 34.8 Å². The van der Waals surface area contributed by atoms with E-state index in [2.05, 4.69) is 53.8 Å². The van der Waals surface area contributed by atoms with Crippen LogP contribution >= 0.6 is 11.3 Å². The van der Waals surface area contributed by atoms with E-state index in [9.17, 15) is 0 Å². The van der Waals surface area contributed by atoms with Crippen molar-refractivity contribution in [2.45, 2.75) is 33.4 Å². The summed E-state index contributed by atoms with van der Waals surface area (Å²) >= 11 is 1.70. The number of hydrogen-bond acceptors (Lipinski definition) is 3. The van der Waals surface area contributed by atoms with Gasteiger partial charge in [-0.1, -0.05) is 29.8 Å². The second-order valence-electron chi connectivity index (χ2n) is 4.37. The van der Waals surface area contributed by atoms with Gasteiger partial charge in [0.25, 0.3) is 0 Å². The van der Waals surface area contributed by atoms with Crippen LogP contribution in [0.4, 0.5) is 0 Å². The van der Waals surface area contributed by atoms with Crippen molar-refractivity contribution in [2.24, 2.45) is 0 Å². The maximum atomic E-state index is 4.45. The van der Waals surface area contributed by atoms with Gasteiger partial charge in [0.2, 0.25) is 0 Å². The van der Waals surface area contributed by atoms with Gasteiger partial charge < -0.3 is 5.32 Å². The van der Waals surface area contributed by atoms with Gasteiger partial charge in [0, 0.05) is 18.0 Å². The third kappa shape index (κ3) is 3.38. The Labute approximate surface area is 107 Å². The molecule has 1 aromatic heterocycles. The molecule has 0 fully saturated rings. The molecule has 17 heavy (non-hydrogen) atoms. The zero-order valence-electron chi connectivity index (χ0n) is 10.5. The highest BCUT2D eigenvalue weighted by atomic mass is 32.1. The van der Waals surface area contributed by atoms with E-state index in [0.717, 1.165) is 17.2 Å². The lowest BCUT2D eigenvalue weighted by Gasteiger charge is -2.13. The maximum Gasteiger partial charge on any atom is 0.0897 e. The largest absolute Gasteiger partial charge is 0.305 e. The molecule has 90 valence electrons. The molecule has 1 aromatic carbocycles. The van der Waals surface area contributed by atoms with Crippen LogP contribution in [0.15, 0.2) is 29.6 Å². The number of thiazole rings is 1. The third-order valence-corrected chi connectivity index (χ3v) is 3.62. The number of nitrogens with zero attached hydrogens (tertiary/aromatic N) is 1. The molecule has 0 bridgehead atoms. The third-order valence-electron chi connectivity index (χ3n) is 2.80. The molecule has 0 saturated carbocycles. The molecule has 0 saturated heterocycles. The average molecular weight is 246 g/mol. The van der Waals surface area contributed by atoms with Gasteiger partial charge in [-0.25, -0.2) is 4.98 Å². The van der Waals surface area contributed by atoms with Gasteiger partial charge >= 0.3 is 0 Å². The molecule has 1 atom stereocenters. The van der Waals surface area contributed by atoms with Gasteiger partial charge in [0.1, 0.15) is 0 Å². The minimum Gasteiger partial charge on any atom is -0.305 e. The van der Waals surface area contributed by atoms with E-state index in [0.29, 0.717) is 6.04 Å². The molecule has 0 spiro atoms. The van der Waals surface area contributed by atoms with E-state index in [4.69, 9.17) is 0 Å². The summed E-state index contributed by atoms with van der Waals surface area (Å²) in [6.07, 6.45) is 0.